The Kier molecular flexibility index (Phi) is 7.81. The van der Waals surface area contributed by atoms with Crippen LogP contribution in [0.1, 0.15) is 58.2 Å². The van der Waals surface area contributed by atoms with Crippen LogP contribution >= 0.6 is 0 Å². The van der Waals surface area contributed by atoms with Crippen molar-refractivity contribution in [2.75, 3.05) is 25.2 Å². The summed E-state index contributed by atoms with van der Waals surface area (Å²) in [6.07, 6.45) is 0.361. The second-order valence-corrected chi connectivity index (χ2v) is 7.97. The average Bonchev–Trinajstić information content (AvgIpc) is 2.65. The van der Waals surface area contributed by atoms with Crippen LogP contribution in [0.15, 0.2) is 6.07 Å². The van der Waals surface area contributed by atoms with Gasteiger partial charge in [0.2, 0.25) is 0 Å². The number of methoxy groups -OCH3 is 1. The minimum absolute atomic E-state index is 0.0513. The van der Waals surface area contributed by atoms with Gasteiger partial charge in [0.15, 0.2) is 6.17 Å². The van der Waals surface area contributed by atoms with Gasteiger partial charge in [0.25, 0.3) is 0 Å². The highest BCUT2D eigenvalue weighted by atomic mass is 19.1. The number of pyridine rings is 1. The molecule has 2 heterocycles. The fourth-order valence-corrected chi connectivity index (χ4v) is 3.18. The van der Waals surface area contributed by atoms with Gasteiger partial charge >= 0.3 is 12.1 Å². The van der Waals surface area contributed by atoms with Crippen molar-refractivity contribution in [3.8, 4) is 5.75 Å². The first kappa shape index (κ1) is 22.9. The molecule has 29 heavy (non-hydrogen) atoms. The Bertz CT molecular complexity index is 733. The average molecular weight is 410 g/mol. The van der Waals surface area contributed by atoms with E-state index in [1.54, 1.807) is 14.0 Å². The second kappa shape index (κ2) is 9.89. The van der Waals surface area contributed by atoms with Crippen molar-refractivity contribution in [1.82, 2.24) is 4.98 Å². The number of rotatable bonds is 7. The van der Waals surface area contributed by atoms with Crippen LogP contribution < -0.4 is 9.64 Å². The maximum Gasteiger partial charge on any atom is 0.416 e. The summed E-state index contributed by atoms with van der Waals surface area (Å²) in [4.78, 5) is 30.2. The largest absolute Gasteiger partial charge is 0.496 e. The molecule has 1 aromatic heterocycles. The molecular formula is C21H31FN2O5. The fraction of sp³-hybridized carbons (Fsp3) is 0.667. The molecule has 1 atom stereocenters. The number of hydrogen-bond donors (Lipinski definition) is 0. The Balaban J connectivity index is 2.17. The topological polar surface area (TPSA) is 78.0 Å². The van der Waals surface area contributed by atoms with Gasteiger partial charge < -0.3 is 14.2 Å². The van der Waals surface area contributed by atoms with E-state index in [1.807, 2.05) is 26.8 Å². The zero-order chi connectivity index (χ0) is 21.6. The minimum Gasteiger partial charge on any atom is -0.496 e. The van der Waals surface area contributed by atoms with Crippen molar-refractivity contribution in [2.24, 2.45) is 0 Å². The molecule has 8 heteroatoms. The molecule has 7 nitrogen and oxygen atoms in total. The third-order valence-electron chi connectivity index (χ3n) is 4.45. The van der Waals surface area contributed by atoms with Gasteiger partial charge in [0.1, 0.15) is 17.2 Å². The summed E-state index contributed by atoms with van der Waals surface area (Å²) >= 11 is 0. The Hall–Kier alpha value is -2.38. The van der Waals surface area contributed by atoms with E-state index < -0.39 is 23.8 Å². The normalized spacial score (nSPS) is 14.8. The van der Waals surface area contributed by atoms with E-state index in [-0.39, 0.29) is 13.0 Å². The monoisotopic (exact) mass is 410 g/mol. The smallest absolute Gasteiger partial charge is 0.416 e. The highest BCUT2D eigenvalue weighted by Gasteiger charge is 2.30. The molecule has 1 aliphatic rings. The molecule has 0 radical (unpaired) electrons. The summed E-state index contributed by atoms with van der Waals surface area (Å²) in [5.41, 5.74) is 0.926. The molecule has 0 N–H and O–H groups in total. The second-order valence-electron chi connectivity index (χ2n) is 7.97. The first-order valence-electron chi connectivity index (χ1n) is 10.0. The molecular weight excluding hydrogens is 379 g/mol. The Morgan fingerprint density at radius 1 is 1.34 bits per heavy atom. The quantitative estimate of drug-likeness (QED) is 0.632. The number of anilines is 1. The van der Waals surface area contributed by atoms with Crippen LogP contribution in [-0.4, -0.2) is 49.1 Å². The van der Waals surface area contributed by atoms with E-state index in [0.717, 1.165) is 18.4 Å². The number of aryl methyl sites for hydroxylation is 1. The van der Waals surface area contributed by atoms with E-state index in [4.69, 9.17) is 9.47 Å². The van der Waals surface area contributed by atoms with Gasteiger partial charge in [0.05, 0.1) is 13.7 Å². The molecule has 0 aliphatic carbocycles. The molecule has 2 rings (SSSR count). The lowest BCUT2D eigenvalue weighted by Crippen LogP contribution is -2.40. The van der Waals surface area contributed by atoms with Crippen LogP contribution in [-0.2, 0) is 27.1 Å². The Morgan fingerprint density at radius 3 is 2.69 bits per heavy atom. The van der Waals surface area contributed by atoms with Crippen molar-refractivity contribution in [2.45, 2.75) is 71.6 Å². The third kappa shape index (κ3) is 6.30. The molecule has 0 bridgehead atoms. The SMILES string of the molecule is CCOC(=O)C(F)CCCc1cc(OC)c2c(n1)N(C(=O)OC(C)(C)C)CCC2. The Labute approximate surface area is 171 Å². The number of halogens is 1. The van der Waals surface area contributed by atoms with E-state index in [0.29, 0.717) is 36.6 Å². The van der Waals surface area contributed by atoms with Crippen molar-refractivity contribution < 1.29 is 28.2 Å². The summed E-state index contributed by atoms with van der Waals surface area (Å²) in [5.74, 6) is 0.349. The summed E-state index contributed by atoms with van der Waals surface area (Å²) in [6, 6.07) is 1.81. The first-order chi connectivity index (χ1) is 13.7. The number of hydrogen-bond acceptors (Lipinski definition) is 6. The molecule has 1 aliphatic heterocycles. The standard InChI is InChI=1S/C21H31FN2O5/c1-6-28-19(25)16(22)11-7-9-14-13-17(27-5)15-10-8-12-24(18(15)23-14)20(26)29-21(2,3)4/h13,16H,6-12H2,1-5H3. The molecule has 0 spiro atoms. The molecule has 0 aromatic carbocycles. The van der Waals surface area contributed by atoms with E-state index in [1.165, 1.54) is 4.90 Å². The van der Waals surface area contributed by atoms with E-state index in [9.17, 15) is 14.0 Å². The van der Waals surface area contributed by atoms with Crippen LogP contribution in [0.5, 0.6) is 5.75 Å². The number of carbonyl (C=O) groups is 2. The Morgan fingerprint density at radius 2 is 2.07 bits per heavy atom. The van der Waals surface area contributed by atoms with Gasteiger partial charge in [-0.3, -0.25) is 4.90 Å². The number of amides is 1. The van der Waals surface area contributed by atoms with Crippen LogP contribution in [0, 0.1) is 0 Å². The van der Waals surface area contributed by atoms with Gasteiger partial charge in [-0.1, -0.05) is 0 Å². The number of fused-ring (bicyclic) bond motifs is 1. The lowest BCUT2D eigenvalue weighted by Gasteiger charge is -2.31. The van der Waals surface area contributed by atoms with Gasteiger partial charge in [0, 0.05) is 23.9 Å². The van der Waals surface area contributed by atoms with Gasteiger partial charge in [-0.2, -0.15) is 0 Å². The van der Waals surface area contributed by atoms with Crippen molar-refractivity contribution in [3.63, 3.8) is 0 Å². The van der Waals surface area contributed by atoms with Crippen LogP contribution in [0.4, 0.5) is 15.0 Å². The van der Waals surface area contributed by atoms with Gasteiger partial charge in [-0.25, -0.2) is 19.0 Å². The van der Waals surface area contributed by atoms with Crippen molar-refractivity contribution >= 4 is 17.9 Å². The van der Waals surface area contributed by atoms with Crippen LogP contribution in [0.2, 0.25) is 0 Å². The summed E-state index contributed by atoms with van der Waals surface area (Å²) in [7, 11) is 1.57. The summed E-state index contributed by atoms with van der Waals surface area (Å²) < 4.78 is 29.6. The number of carbonyl (C=O) groups excluding carboxylic acids is 2. The minimum atomic E-state index is -1.65. The fourth-order valence-electron chi connectivity index (χ4n) is 3.18. The third-order valence-corrected chi connectivity index (χ3v) is 4.45. The molecule has 0 saturated carbocycles. The molecule has 162 valence electrons. The number of ether oxygens (including phenoxy) is 3. The molecule has 0 saturated heterocycles. The predicted octanol–water partition coefficient (Wildman–Crippen LogP) is 4.00. The van der Waals surface area contributed by atoms with E-state index in [2.05, 4.69) is 9.72 Å². The van der Waals surface area contributed by atoms with Crippen LogP contribution in [0.3, 0.4) is 0 Å². The zero-order valence-corrected chi connectivity index (χ0v) is 17.9. The number of alkyl halides is 1. The molecule has 0 fully saturated rings. The highest BCUT2D eigenvalue weighted by Crippen LogP contribution is 2.34. The van der Waals surface area contributed by atoms with Crippen molar-refractivity contribution in [1.29, 1.82) is 0 Å². The number of nitrogens with zero attached hydrogens (tertiary/aromatic N) is 2. The van der Waals surface area contributed by atoms with E-state index >= 15 is 0 Å². The predicted molar refractivity (Wildman–Crippen MR) is 107 cm³/mol. The number of esters is 1. The lowest BCUT2D eigenvalue weighted by molar-refractivity contribution is -0.149. The number of aromatic nitrogens is 1. The van der Waals surface area contributed by atoms with Crippen molar-refractivity contribution in [3.05, 3.63) is 17.3 Å². The first-order valence-corrected chi connectivity index (χ1v) is 10.0. The summed E-state index contributed by atoms with van der Waals surface area (Å²) in [6.45, 7) is 7.76. The molecule has 1 unspecified atom stereocenters. The lowest BCUT2D eigenvalue weighted by atomic mass is 10.0. The highest BCUT2D eigenvalue weighted by molar-refractivity contribution is 5.88. The summed E-state index contributed by atoms with van der Waals surface area (Å²) in [5, 5.41) is 0. The molecule has 1 amide bonds. The van der Waals surface area contributed by atoms with Gasteiger partial charge in [-0.15, -0.1) is 0 Å². The maximum atomic E-state index is 13.8. The zero-order valence-electron chi connectivity index (χ0n) is 17.9. The molecule has 1 aromatic rings. The van der Waals surface area contributed by atoms with Crippen LogP contribution in [0.25, 0.3) is 0 Å². The maximum absolute atomic E-state index is 13.8. The van der Waals surface area contributed by atoms with Gasteiger partial charge in [-0.05, 0) is 59.8 Å².